The second-order valence-electron chi connectivity index (χ2n) is 7.29. The molecular weight excluding hydrogens is 316 g/mol. The zero-order valence-electron chi connectivity index (χ0n) is 14.8. The van der Waals surface area contributed by atoms with Crippen molar-refractivity contribution >= 4 is 5.91 Å². The van der Waals surface area contributed by atoms with Gasteiger partial charge in [-0.05, 0) is 63.6 Å². The average molecular weight is 340 g/mol. The maximum absolute atomic E-state index is 12.9. The van der Waals surface area contributed by atoms with Crippen LogP contribution in [0.2, 0.25) is 0 Å². The average Bonchev–Trinajstić information content (AvgIpc) is 3.20. The van der Waals surface area contributed by atoms with Crippen LogP contribution >= 0.6 is 0 Å². The number of likely N-dealkylation sites (tertiary alicyclic amines) is 1. The number of amides is 1. The standard InChI is InChI=1S/C19H24N4O2/c1-12-9-13(2)23(21-12)15-7-8-22(11-15)19(25)16-10-14-5-3-4-6-17(14)20-18(16)24/h9-10,15H,3-8,11H2,1-2H3,(H,20,24)/t15-/m0/s1. The van der Waals surface area contributed by atoms with Crippen LogP contribution in [0.1, 0.15) is 58.3 Å². The van der Waals surface area contributed by atoms with Gasteiger partial charge in [-0.15, -0.1) is 0 Å². The molecule has 1 N–H and O–H groups in total. The van der Waals surface area contributed by atoms with E-state index >= 15 is 0 Å². The summed E-state index contributed by atoms with van der Waals surface area (Å²) in [4.78, 5) is 30.0. The number of hydrogen-bond donors (Lipinski definition) is 1. The Kier molecular flexibility index (Phi) is 3.98. The number of pyridine rings is 1. The Morgan fingerprint density at radius 2 is 2.04 bits per heavy atom. The molecule has 1 aliphatic heterocycles. The molecule has 1 aliphatic carbocycles. The van der Waals surface area contributed by atoms with Crippen LogP contribution in [0.25, 0.3) is 0 Å². The van der Waals surface area contributed by atoms with Crippen molar-refractivity contribution in [3.05, 3.63) is 50.7 Å². The number of aromatic nitrogens is 3. The number of fused-ring (bicyclic) bond motifs is 1. The molecule has 132 valence electrons. The molecule has 0 radical (unpaired) electrons. The number of nitrogens with one attached hydrogen (secondary N) is 1. The molecule has 1 atom stereocenters. The molecule has 6 nitrogen and oxygen atoms in total. The number of hydrogen-bond acceptors (Lipinski definition) is 3. The van der Waals surface area contributed by atoms with Gasteiger partial charge in [0, 0.05) is 24.5 Å². The van der Waals surface area contributed by atoms with E-state index < -0.39 is 0 Å². The molecule has 2 aromatic rings. The Bertz CT molecular complexity index is 880. The van der Waals surface area contributed by atoms with Crippen LogP contribution in [0.5, 0.6) is 0 Å². The number of H-pyrrole nitrogens is 1. The fraction of sp³-hybridized carbons (Fsp3) is 0.526. The van der Waals surface area contributed by atoms with Gasteiger partial charge < -0.3 is 9.88 Å². The van der Waals surface area contributed by atoms with Crippen LogP contribution in [0.4, 0.5) is 0 Å². The molecule has 2 aliphatic rings. The molecule has 0 bridgehead atoms. The second-order valence-corrected chi connectivity index (χ2v) is 7.29. The first-order valence-electron chi connectivity index (χ1n) is 9.10. The lowest BCUT2D eigenvalue weighted by Crippen LogP contribution is -2.34. The Balaban J connectivity index is 1.56. The fourth-order valence-electron chi connectivity index (χ4n) is 4.15. The number of carbonyl (C=O) groups excluding carboxylic acids is 1. The van der Waals surface area contributed by atoms with Crippen LogP contribution in [0, 0.1) is 13.8 Å². The largest absolute Gasteiger partial charge is 0.336 e. The third-order valence-electron chi connectivity index (χ3n) is 5.41. The predicted octanol–water partition coefficient (Wildman–Crippen LogP) is 2.15. The summed E-state index contributed by atoms with van der Waals surface area (Å²) >= 11 is 0. The van der Waals surface area contributed by atoms with Crippen LogP contribution in [-0.2, 0) is 12.8 Å². The summed E-state index contributed by atoms with van der Waals surface area (Å²) in [7, 11) is 0. The molecule has 0 unspecified atom stereocenters. The highest BCUT2D eigenvalue weighted by molar-refractivity contribution is 5.94. The van der Waals surface area contributed by atoms with Crippen LogP contribution < -0.4 is 5.56 Å². The second kappa shape index (κ2) is 6.17. The van der Waals surface area contributed by atoms with Crippen LogP contribution in [0.3, 0.4) is 0 Å². The van der Waals surface area contributed by atoms with Gasteiger partial charge in [0.2, 0.25) is 0 Å². The Labute approximate surface area is 146 Å². The van der Waals surface area contributed by atoms with Crippen molar-refractivity contribution in [1.29, 1.82) is 0 Å². The van der Waals surface area contributed by atoms with Gasteiger partial charge in [0.05, 0.1) is 11.7 Å². The monoisotopic (exact) mass is 340 g/mol. The van der Waals surface area contributed by atoms with Crippen molar-refractivity contribution in [1.82, 2.24) is 19.7 Å². The van der Waals surface area contributed by atoms with Gasteiger partial charge in [-0.1, -0.05) is 0 Å². The molecule has 0 saturated carbocycles. The highest BCUT2D eigenvalue weighted by Crippen LogP contribution is 2.25. The lowest BCUT2D eigenvalue weighted by Gasteiger charge is -2.19. The summed E-state index contributed by atoms with van der Waals surface area (Å²) in [6, 6.07) is 4.07. The molecular formula is C19H24N4O2. The molecule has 1 fully saturated rings. The van der Waals surface area contributed by atoms with Crippen molar-refractivity contribution in [3.8, 4) is 0 Å². The zero-order valence-corrected chi connectivity index (χ0v) is 14.8. The molecule has 25 heavy (non-hydrogen) atoms. The minimum absolute atomic E-state index is 0.154. The summed E-state index contributed by atoms with van der Waals surface area (Å²) in [5.74, 6) is -0.154. The molecule has 4 rings (SSSR count). The van der Waals surface area contributed by atoms with Gasteiger partial charge in [0.15, 0.2) is 0 Å². The van der Waals surface area contributed by atoms with Crippen LogP contribution in [-0.4, -0.2) is 38.7 Å². The lowest BCUT2D eigenvalue weighted by atomic mass is 9.95. The fourth-order valence-corrected chi connectivity index (χ4v) is 4.15. The summed E-state index contributed by atoms with van der Waals surface area (Å²) < 4.78 is 2.01. The third-order valence-corrected chi connectivity index (χ3v) is 5.41. The third kappa shape index (κ3) is 2.90. The summed E-state index contributed by atoms with van der Waals surface area (Å²) in [6.45, 7) is 5.29. The molecule has 3 heterocycles. The van der Waals surface area contributed by atoms with E-state index in [1.54, 1.807) is 4.90 Å². The minimum atomic E-state index is -0.250. The van der Waals surface area contributed by atoms with Crippen molar-refractivity contribution in [2.45, 2.75) is 52.0 Å². The summed E-state index contributed by atoms with van der Waals surface area (Å²) in [6.07, 6.45) is 4.95. The Morgan fingerprint density at radius 3 is 2.80 bits per heavy atom. The number of carbonyl (C=O) groups is 1. The van der Waals surface area contributed by atoms with Crippen molar-refractivity contribution in [2.75, 3.05) is 13.1 Å². The van der Waals surface area contributed by atoms with Gasteiger partial charge in [0.1, 0.15) is 5.56 Å². The first-order chi connectivity index (χ1) is 12.0. The smallest absolute Gasteiger partial charge is 0.261 e. The predicted molar refractivity (Wildman–Crippen MR) is 95.0 cm³/mol. The van der Waals surface area contributed by atoms with E-state index in [4.69, 9.17) is 0 Å². The molecule has 1 amide bonds. The zero-order chi connectivity index (χ0) is 17.6. The summed E-state index contributed by atoms with van der Waals surface area (Å²) in [5.41, 5.74) is 4.28. The van der Waals surface area contributed by atoms with E-state index in [2.05, 4.69) is 16.1 Å². The van der Waals surface area contributed by atoms with Gasteiger partial charge in [-0.2, -0.15) is 5.10 Å². The van der Waals surface area contributed by atoms with E-state index in [0.717, 1.165) is 54.7 Å². The molecule has 0 aromatic carbocycles. The molecule has 6 heteroatoms. The lowest BCUT2D eigenvalue weighted by molar-refractivity contribution is 0.0785. The van der Waals surface area contributed by atoms with Crippen molar-refractivity contribution in [2.24, 2.45) is 0 Å². The topological polar surface area (TPSA) is 71.0 Å². The van der Waals surface area contributed by atoms with E-state index in [-0.39, 0.29) is 23.1 Å². The molecule has 1 saturated heterocycles. The maximum Gasteiger partial charge on any atom is 0.261 e. The number of nitrogens with zero attached hydrogens (tertiary/aromatic N) is 3. The normalized spacial score (nSPS) is 19.9. The van der Waals surface area contributed by atoms with E-state index in [9.17, 15) is 9.59 Å². The van der Waals surface area contributed by atoms with Gasteiger partial charge in [0.25, 0.3) is 11.5 Å². The van der Waals surface area contributed by atoms with Crippen molar-refractivity contribution in [3.63, 3.8) is 0 Å². The van der Waals surface area contributed by atoms with Crippen molar-refractivity contribution < 1.29 is 4.79 Å². The number of aromatic amines is 1. The Hall–Kier alpha value is -2.37. The first-order valence-corrected chi connectivity index (χ1v) is 9.10. The summed E-state index contributed by atoms with van der Waals surface area (Å²) in [5, 5.41) is 4.54. The van der Waals surface area contributed by atoms with E-state index in [1.807, 2.05) is 24.6 Å². The first kappa shape index (κ1) is 16.1. The minimum Gasteiger partial charge on any atom is -0.336 e. The van der Waals surface area contributed by atoms with Gasteiger partial charge >= 0.3 is 0 Å². The SMILES string of the molecule is Cc1cc(C)n([C@H]2CCN(C(=O)c3cc4c([nH]c3=O)CCCC4)C2)n1. The van der Waals surface area contributed by atoms with Gasteiger partial charge in [-0.3, -0.25) is 14.3 Å². The van der Waals surface area contributed by atoms with E-state index in [0.29, 0.717) is 13.1 Å². The highest BCUT2D eigenvalue weighted by atomic mass is 16.2. The quantitative estimate of drug-likeness (QED) is 0.911. The number of aryl methyl sites for hydroxylation is 4. The van der Waals surface area contributed by atoms with E-state index in [1.165, 1.54) is 0 Å². The van der Waals surface area contributed by atoms with Gasteiger partial charge in [-0.25, -0.2) is 0 Å². The maximum atomic E-state index is 12.9. The molecule has 2 aromatic heterocycles. The number of rotatable bonds is 2. The highest BCUT2D eigenvalue weighted by Gasteiger charge is 2.31. The van der Waals surface area contributed by atoms with Crippen LogP contribution in [0.15, 0.2) is 16.9 Å². The molecule has 0 spiro atoms. The Morgan fingerprint density at radius 1 is 1.24 bits per heavy atom.